The molecule has 1 atom stereocenters. The number of nitrogens with one attached hydrogen (secondary N) is 1. The number of carbonyl (C=O) groups is 1. The molecule has 1 rings (SSSR count). The van der Waals surface area contributed by atoms with Crippen LogP contribution in [-0.2, 0) is 4.79 Å². The molecule has 1 amide bonds. The zero-order chi connectivity index (χ0) is 13.4. The van der Waals surface area contributed by atoms with E-state index in [1.54, 1.807) is 24.3 Å². The second kappa shape index (κ2) is 7.95. The van der Waals surface area contributed by atoms with E-state index in [0.29, 0.717) is 17.2 Å². The van der Waals surface area contributed by atoms with Crippen molar-refractivity contribution in [2.24, 2.45) is 0 Å². The van der Waals surface area contributed by atoms with E-state index in [2.05, 4.69) is 5.32 Å². The molecule has 18 heavy (non-hydrogen) atoms. The van der Waals surface area contributed by atoms with Crippen LogP contribution in [0.2, 0.25) is 5.02 Å². The summed E-state index contributed by atoms with van der Waals surface area (Å²) in [5.74, 6) is 0.303. The largest absolute Gasteiger partial charge is 0.482 e. The van der Waals surface area contributed by atoms with E-state index in [1.807, 2.05) is 6.92 Å². The van der Waals surface area contributed by atoms with Crippen LogP contribution in [0, 0.1) is 0 Å². The van der Waals surface area contributed by atoms with Gasteiger partial charge in [0.05, 0.1) is 5.02 Å². The van der Waals surface area contributed by atoms with Crippen LogP contribution in [0.1, 0.15) is 19.8 Å². The topological polar surface area (TPSA) is 58.6 Å². The number of halogens is 1. The van der Waals surface area contributed by atoms with Crippen molar-refractivity contribution >= 4 is 17.5 Å². The van der Waals surface area contributed by atoms with Gasteiger partial charge in [0.1, 0.15) is 5.75 Å². The Morgan fingerprint density at radius 1 is 1.50 bits per heavy atom. The fourth-order valence-corrected chi connectivity index (χ4v) is 1.68. The highest BCUT2D eigenvalue weighted by atomic mass is 35.5. The lowest BCUT2D eigenvalue weighted by Gasteiger charge is -2.13. The summed E-state index contributed by atoms with van der Waals surface area (Å²) in [6, 6.07) is 7.04. The molecule has 0 aliphatic carbocycles. The predicted molar refractivity (Wildman–Crippen MR) is 70.9 cm³/mol. The Bertz CT molecular complexity index is 384. The minimum absolute atomic E-state index is 0.0273. The summed E-state index contributed by atoms with van der Waals surface area (Å²) < 4.78 is 5.31. The lowest BCUT2D eigenvalue weighted by molar-refractivity contribution is -0.123. The first-order valence-electron chi connectivity index (χ1n) is 5.91. The summed E-state index contributed by atoms with van der Waals surface area (Å²) in [6.07, 6.45) is 1.42. The molecule has 5 heteroatoms. The van der Waals surface area contributed by atoms with Crippen molar-refractivity contribution in [3.05, 3.63) is 29.3 Å². The normalized spacial score (nSPS) is 11.9. The van der Waals surface area contributed by atoms with Gasteiger partial charge in [-0.2, -0.15) is 0 Å². The summed E-state index contributed by atoms with van der Waals surface area (Å²) >= 11 is 5.90. The van der Waals surface area contributed by atoms with E-state index in [1.165, 1.54) is 0 Å². The predicted octanol–water partition coefficient (Wildman–Crippen LogP) is 2.00. The molecule has 1 aromatic rings. The molecule has 0 bridgehead atoms. The molecular formula is C13H18ClNO3. The molecule has 4 nitrogen and oxygen atoms in total. The van der Waals surface area contributed by atoms with Crippen molar-refractivity contribution < 1.29 is 14.6 Å². The number of benzene rings is 1. The number of carbonyl (C=O) groups excluding carboxylic acids is 1. The number of para-hydroxylation sites is 1. The molecule has 1 unspecified atom stereocenters. The van der Waals surface area contributed by atoms with Crippen LogP contribution in [-0.4, -0.2) is 30.3 Å². The van der Waals surface area contributed by atoms with Crippen molar-refractivity contribution in [3.8, 4) is 5.75 Å². The van der Waals surface area contributed by atoms with E-state index < -0.39 is 0 Å². The highest BCUT2D eigenvalue weighted by Gasteiger charge is 2.08. The molecule has 0 fully saturated rings. The first-order chi connectivity index (χ1) is 8.63. The maximum absolute atomic E-state index is 11.6. The average molecular weight is 272 g/mol. The summed E-state index contributed by atoms with van der Waals surface area (Å²) in [5.41, 5.74) is 0. The number of rotatable bonds is 7. The van der Waals surface area contributed by atoms with Gasteiger partial charge in [0.15, 0.2) is 6.61 Å². The zero-order valence-corrected chi connectivity index (χ0v) is 11.1. The minimum atomic E-state index is -0.194. The van der Waals surface area contributed by atoms with Crippen LogP contribution in [0.5, 0.6) is 5.75 Å². The van der Waals surface area contributed by atoms with Crippen LogP contribution < -0.4 is 10.1 Å². The Labute approximate surface area is 112 Å². The minimum Gasteiger partial charge on any atom is -0.482 e. The molecular weight excluding hydrogens is 254 g/mol. The van der Waals surface area contributed by atoms with Crippen molar-refractivity contribution in [1.29, 1.82) is 0 Å². The highest BCUT2D eigenvalue weighted by Crippen LogP contribution is 2.22. The molecule has 0 aromatic heterocycles. The number of ether oxygens (including phenoxy) is 1. The molecule has 0 heterocycles. The van der Waals surface area contributed by atoms with Crippen LogP contribution in [0.3, 0.4) is 0 Å². The van der Waals surface area contributed by atoms with Gasteiger partial charge in [-0.15, -0.1) is 0 Å². The van der Waals surface area contributed by atoms with E-state index in [9.17, 15) is 4.79 Å². The van der Waals surface area contributed by atoms with Crippen molar-refractivity contribution in [2.45, 2.75) is 25.8 Å². The molecule has 0 saturated heterocycles. The summed E-state index contributed by atoms with van der Waals surface area (Å²) in [6.45, 7) is 1.96. The van der Waals surface area contributed by atoms with Crippen molar-refractivity contribution in [2.75, 3.05) is 13.2 Å². The van der Waals surface area contributed by atoms with Gasteiger partial charge in [0.25, 0.3) is 5.91 Å². The van der Waals surface area contributed by atoms with Gasteiger partial charge in [-0.05, 0) is 31.9 Å². The third-order valence-corrected chi connectivity index (χ3v) is 2.71. The molecule has 0 saturated carbocycles. The quantitative estimate of drug-likeness (QED) is 0.797. The third kappa shape index (κ3) is 5.38. The van der Waals surface area contributed by atoms with Gasteiger partial charge < -0.3 is 15.2 Å². The van der Waals surface area contributed by atoms with Gasteiger partial charge in [0.2, 0.25) is 0 Å². The zero-order valence-electron chi connectivity index (χ0n) is 10.4. The first-order valence-corrected chi connectivity index (χ1v) is 6.29. The standard InChI is InChI=1S/C13H18ClNO3/c1-10(5-4-8-16)15-13(17)9-18-12-7-3-2-6-11(12)14/h2-3,6-7,10,16H,4-5,8-9H2,1H3,(H,15,17). The SMILES string of the molecule is CC(CCCO)NC(=O)COc1ccccc1Cl. The van der Waals surface area contributed by atoms with Gasteiger partial charge >= 0.3 is 0 Å². The fourth-order valence-electron chi connectivity index (χ4n) is 1.49. The maximum Gasteiger partial charge on any atom is 0.258 e. The van der Waals surface area contributed by atoms with Crippen molar-refractivity contribution in [1.82, 2.24) is 5.32 Å². The van der Waals surface area contributed by atoms with Gasteiger partial charge in [-0.1, -0.05) is 23.7 Å². The molecule has 1 aromatic carbocycles. The smallest absolute Gasteiger partial charge is 0.258 e. The second-order valence-corrected chi connectivity index (χ2v) is 4.46. The van der Waals surface area contributed by atoms with Crippen LogP contribution >= 0.6 is 11.6 Å². The van der Waals surface area contributed by atoms with Crippen molar-refractivity contribution in [3.63, 3.8) is 0 Å². The van der Waals surface area contributed by atoms with E-state index >= 15 is 0 Å². The number of hydrogen-bond acceptors (Lipinski definition) is 3. The van der Waals surface area contributed by atoms with Crippen LogP contribution in [0.25, 0.3) is 0 Å². The van der Waals surface area contributed by atoms with E-state index in [0.717, 1.165) is 6.42 Å². The van der Waals surface area contributed by atoms with Gasteiger partial charge in [-0.25, -0.2) is 0 Å². The third-order valence-electron chi connectivity index (χ3n) is 2.40. The Balaban J connectivity index is 2.31. The van der Waals surface area contributed by atoms with Crippen LogP contribution in [0.15, 0.2) is 24.3 Å². The second-order valence-electron chi connectivity index (χ2n) is 4.05. The van der Waals surface area contributed by atoms with Gasteiger partial charge in [-0.3, -0.25) is 4.79 Å². The fraction of sp³-hybridized carbons (Fsp3) is 0.462. The Morgan fingerprint density at radius 3 is 2.89 bits per heavy atom. The summed E-state index contributed by atoms with van der Waals surface area (Å²) in [4.78, 5) is 11.6. The number of amides is 1. The van der Waals surface area contributed by atoms with Crippen LogP contribution in [0.4, 0.5) is 0 Å². The highest BCUT2D eigenvalue weighted by molar-refractivity contribution is 6.32. The van der Waals surface area contributed by atoms with Gasteiger partial charge in [0, 0.05) is 12.6 Å². The Hall–Kier alpha value is -1.26. The molecule has 2 N–H and O–H groups in total. The number of aliphatic hydroxyl groups is 1. The number of aliphatic hydroxyl groups excluding tert-OH is 1. The number of hydrogen-bond donors (Lipinski definition) is 2. The lowest BCUT2D eigenvalue weighted by Crippen LogP contribution is -2.36. The molecule has 0 spiro atoms. The molecule has 0 radical (unpaired) electrons. The first kappa shape index (κ1) is 14.8. The Morgan fingerprint density at radius 2 is 2.22 bits per heavy atom. The summed E-state index contributed by atoms with van der Waals surface area (Å²) in [7, 11) is 0. The molecule has 100 valence electrons. The summed E-state index contributed by atoms with van der Waals surface area (Å²) in [5, 5.41) is 12.0. The van der Waals surface area contributed by atoms with E-state index in [-0.39, 0.29) is 25.2 Å². The molecule has 0 aliphatic heterocycles. The lowest BCUT2D eigenvalue weighted by atomic mass is 10.2. The monoisotopic (exact) mass is 271 g/mol. The average Bonchev–Trinajstić information content (AvgIpc) is 2.35. The molecule has 0 aliphatic rings. The maximum atomic E-state index is 11.6. The van der Waals surface area contributed by atoms with E-state index in [4.69, 9.17) is 21.4 Å². The Kier molecular flexibility index (Phi) is 6.54.